The molecule has 0 aromatic carbocycles. The van der Waals surface area contributed by atoms with E-state index in [0.29, 0.717) is 5.70 Å². The summed E-state index contributed by atoms with van der Waals surface area (Å²) in [6, 6.07) is 0. The number of nitrogens with zero attached hydrogens (tertiary/aromatic N) is 1. The zero-order valence-corrected chi connectivity index (χ0v) is 15.0. The van der Waals surface area contributed by atoms with Crippen molar-refractivity contribution in [2.75, 3.05) is 35.5 Å². The second-order valence-corrected chi connectivity index (χ2v) is 5.49. The third-order valence-electron chi connectivity index (χ3n) is 4.28. The predicted molar refractivity (Wildman–Crippen MR) is 86.0 cm³/mol. The van der Waals surface area contributed by atoms with Crippen LogP contribution in [0.1, 0.15) is 0 Å². The van der Waals surface area contributed by atoms with E-state index in [0.717, 1.165) is 28.4 Å². The Balaban J connectivity index is 2.88. The highest BCUT2D eigenvalue weighted by Crippen LogP contribution is 2.45. The van der Waals surface area contributed by atoms with E-state index in [9.17, 15) is 19.2 Å². The van der Waals surface area contributed by atoms with Crippen LogP contribution < -0.4 is 0 Å². The van der Waals surface area contributed by atoms with Gasteiger partial charge in [-0.15, -0.1) is 0 Å². The summed E-state index contributed by atoms with van der Waals surface area (Å²) in [5, 5.41) is 0. The van der Waals surface area contributed by atoms with Crippen LogP contribution in [0, 0.1) is 11.8 Å². The van der Waals surface area contributed by atoms with Crippen LogP contribution in [0.5, 0.6) is 0 Å². The van der Waals surface area contributed by atoms with Gasteiger partial charge < -0.3 is 23.8 Å². The maximum absolute atomic E-state index is 12.5. The van der Waals surface area contributed by atoms with Gasteiger partial charge in [0.25, 0.3) is 0 Å². The van der Waals surface area contributed by atoms with Crippen LogP contribution in [0.25, 0.3) is 0 Å². The number of rotatable bonds is 4. The number of ether oxygens (including phenoxy) is 4. The fourth-order valence-corrected chi connectivity index (χ4v) is 3.18. The summed E-state index contributed by atoms with van der Waals surface area (Å²) in [4.78, 5) is 51.4. The third-order valence-corrected chi connectivity index (χ3v) is 4.28. The first kappa shape index (κ1) is 19.2. The molecule has 0 radical (unpaired) electrons. The number of allylic oxidation sites excluding steroid dienone is 1. The van der Waals surface area contributed by atoms with Crippen LogP contribution in [0.2, 0.25) is 0 Å². The van der Waals surface area contributed by atoms with Gasteiger partial charge in [-0.25, -0.2) is 14.4 Å². The Morgan fingerprint density at radius 1 is 0.808 bits per heavy atom. The van der Waals surface area contributed by atoms with Crippen molar-refractivity contribution in [1.29, 1.82) is 0 Å². The van der Waals surface area contributed by atoms with Crippen molar-refractivity contribution in [2.24, 2.45) is 11.8 Å². The number of carbonyl (C=O) groups excluding carboxylic acids is 4. The molecule has 2 rings (SSSR count). The lowest BCUT2D eigenvalue weighted by molar-refractivity contribution is -0.149. The van der Waals surface area contributed by atoms with Crippen molar-refractivity contribution in [3.8, 4) is 0 Å². The fourth-order valence-electron chi connectivity index (χ4n) is 3.18. The molecule has 0 aromatic rings. The van der Waals surface area contributed by atoms with Gasteiger partial charge in [0.2, 0.25) is 0 Å². The lowest BCUT2D eigenvalue weighted by Gasteiger charge is -2.32. The van der Waals surface area contributed by atoms with Crippen LogP contribution >= 0.6 is 0 Å². The van der Waals surface area contributed by atoms with Crippen LogP contribution in [0.15, 0.2) is 34.7 Å². The lowest BCUT2D eigenvalue weighted by atomic mass is 9.75. The van der Waals surface area contributed by atoms with Gasteiger partial charge in [0.1, 0.15) is 5.92 Å². The Morgan fingerprint density at radius 2 is 1.31 bits per heavy atom. The van der Waals surface area contributed by atoms with Gasteiger partial charge in [0, 0.05) is 18.9 Å². The maximum Gasteiger partial charge on any atom is 0.336 e. The Bertz CT molecular complexity index is 761. The molecule has 1 aliphatic carbocycles. The average Bonchev–Trinajstić information content (AvgIpc) is 3.04. The van der Waals surface area contributed by atoms with E-state index >= 15 is 0 Å². The summed E-state index contributed by atoms with van der Waals surface area (Å²) in [5.41, 5.74) is -0.150. The first-order valence-electron chi connectivity index (χ1n) is 7.56. The van der Waals surface area contributed by atoms with Gasteiger partial charge in [-0.05, 0) is 0 Å². The molecule has 140 valence electrons. The average molecular weight is 365 g/mol. The minimum Gasteiger partial charge on any atom is -0.468 e. The van der Waals surface area contributed by atoms with E-state index in [1.807, 2.05) is 0 Å². The van der Waals surface area contributed by atoms with E-state index < -0.39 is 35.7 Å². The van der Waals surface area contributed by atoms with Crippen LogP contribution in [0.4, 0.5) is 0 Å². The summed E-state index contributed by atoms with van der Waals surface area (Å²) >= 11 is 0. The highest BCUT2D eigenvalue weighted by atomic mass is 16.5. The molecule has 2 unspecified atom stereocenters. The fraction of sp³-hybridized carbons (Fsp3) is 0.412. The number of hydrogen-bond donors (Lipinski definition) is 0. The Hall–Kier alpha value is -3.10. The van der Waals surface area contributed by atoms with Gasteiger partial charge >= 0.3 is 23.9 Å². The highest BCUT2D eigenvalue weighted by molar-refractivity contribution is 6.11. The van der Waals surface area contributed by atoms with E-state index in [-0.39, 0.29) is 16.7 Å². The molecule has 2 atom stereocenters. The molecular weight excluding hydrogens is 346 g/mol. The van der Waals surface area contributed by atoms with E-state index in [1.54, 1.807) is 24.2 Å². The second-order valence-electron chi connectivity index (χ2n) is 5.49. The molecule has 2 aliphatic rings. The monoisotopic (exact) mass is 365 g/mol. The number of carbonyl (C=O) groups is 4. The van der Waals surface area contributed by atoms with Crippen molar-refractivity contribution < 1.29 is 38.1 Å². The first-order valence-corrected chi connectivity index (χ1v) is 7.56. The molecule has 0 N–H and O–H groups in total. The molecule has 26 heavy (non-hydrogen) atoms. The minimum absolute atomic E-state index is 0.0852. The summed E-state index contributed by atoms with van der Waals surface area (Å²) in [6.45, 7) is 0. The van der Waals surface area contributed by atoms with Crippen LogP contribution in [-0.2, 0) is 38.1 Å². The summed E-state index contributed by atoms with van der Waals surface area (Å²) in [6.07, 6.45) is 3.22. The summed E-state index contributed by atoms with van der Waals surface area (Å²) < 4.78 is 19.1. The number of methoxy groups -OCH3 is 4. The topological polar surface area (TPSA) is 108 Å². The van der Waals surface area contributed by atoms with E-state index in [2.05, 4.69) is 0 Å². The van der Waals surface area contributed by atoms with Crippen molar-refractivity contribution in [2.45, 2.75) is 0 Å². The highest BCUT2D eigenvalue weighted by Gasteiger charge is 2.50. The normalized spacial score (nSPS) is 21.3. The number of esters is 4. The Labute approximate surface area is 149 Å². The molecule has 0 aromatic heterocycles. The molecule has 9 nitrogen and oxygen atoms in total. The van der Waals surface area contributed by atoms with Gasteiger partial charge in [-0.1, -0.05) is 6.08 Å². The van der Waals surface area contributed by atoms with Crippen molar-refractivity contribution in [1.82, 2.24) is 4.90 Å². The smallest absolute Gasteiger partial charge is 0.336 e. The number of fused-ring (bicyclic) bond motifs is 1. The van der Waals surface area contributed by atoms with Gasteiger partial charge in [-0.2, -0.15) is 0 Å². The largest absolute Gasteiger partial charge is 0.468 e. The minimum atomic E-state index is -1.48. The first-order chi connectivity index (χ1) is 12.3. The molecule has 0 saturated carbocycles. The van der Waals surface area contributed by atoms with Gasteiger partial charge in [0.05, 0.1) is 51.1 Å². The molecule has 9 heteroatoms. The molecular formula is C17H19NO8. The molecule has 0 spiro atoms. The number of hydrogen-bond acceptors (Lipinski definition) is 9. The standard InChI is InChI=1S/C17H19NO8/c1-18-7-6-8-9(14(19)23-2)10(15(20)24-3)11(16(21)25-4)12(13(8)18)17(22)26-5/h6-8,11H,1-5H3. The van der Waals surface area contributed by atoms with Crippen molar-refractivity contribution >= 4 is 23.9 Å². The molecule has 0 fully saturated rings. The van der Waals surface area contributed by atoms with Crippen molar-refractivity contribution in [3.63, 3.8) is 0 Å². The quantitative estimate of drug-likeness (QED) is 0.500. The Kier molecular flexibility index (Phi) is 5.49. The Morgan fingerprint density at radius 3 is 1.81 bits per heavy atom. The van der Waals surface area contributed by atoms with Crippen LogP contribution in [-0.4, -0.2) is 64.3 Å². The molecule has 0 saturated heterocycles. The van der Waals surface area contributed by atoms with E-state index in [4.69, 9.17) is 18.9 Å². The third kappa shape index (κ3) is 2.85. The predicted octanol–water partition coefficient (Wildman–Crippen LogP) is -0.0658. The second kappa shape index (κ2) is 7.42. The maximum atomic E-state index is 12.5. The lowest BCUT2D eigenvalue weighted by Crippen LogP contribution is -2.39. The SMILES string of the molecule is COC(=O)C1=C(C(=O)OC)C(C(=O)OC)C(C(=O)OC)=C2C1C=CN2C. The molecule has 0 amide bonds. The van der Waals surface area contributed by atoms with E-state index in [1.165, 1.54) is 0 Å². The molecule has 0 bridgehead atoms. The molecule has 1 heterocycles. The van der Waals surface area contributed by atoms with Gasteiger partial charge in [0.15, 0.2) is 0 Å². The zero-order chi connectivity index (χ0) is 19.6. The summed E-state index contributed by atoms with van der Waals surface area (Å²) in [5.74, 6) is -5.73. The van der Waals surface area contributed by atoms with Crippen molar-refractivity contribution in [3.05, 3.63) is 34.7 Å². The zero-order valence-electron chi connectivity index (χ0n) is 15.0. The van der Waals surface area contributed by atoms with Gasteiger partial charge in [-0.3, -0.25) is 4.79 Å². The summed E-state index contributed by atoms with van der Waals surface area (Å²) in [7, 11) is 6.16. The molecule has 1 aliphatic heterocycles. The van der Waals surface area contributed by atoms with Crippen LogP contribution in [0.3, 0.4) is 0 Å².